The lowest BCUT2D eigenvalue weighted by molar-refractivity contribution is -0.122. The van der Waals surface area contributed by atoms with Crippen LogP contribution in [0.2, 0.25) is 0 Å². The van der Waals surface area contributed by atoms with Gasteiger partial charge in [-0.1, -0.05) is 32.9 Å². The minimum atomic E-state index is -0.631. The summed E-state index contributed by atoms with van der Waals surface area (Å²) in [5.41, 5.74) is 8.45. The molecular weight excluding hydrogens is 485 g/mol. The number of hydrogen-bond acceptors (Lipinski definition) is 4. The number of terminal acetylenes is 1. The fraction of sp³-hybridized carbons (Fsp3) is 0.233. The molecule has 0 aliphatic heterocycles. The number of halogens is 1. The van der Waals surface area contributed by atoms with Gasteiger partial charge in [-0.3, -0.25) is 14.4 Å². The van der Waals surface area contributed by atoms with Crippen molar-refractivity contribution in [1.82, 2.24) is 10.6 Å². The van der Waals surface area contributed by atoms with Gasteiger partial charge in [0.1, 0.15) is 17.2 Å². The largest absolute Gasteiger partial charge is 0.455 e. The van der Waals surface area contributed by atoms with E-state index in [1.54, 1.807) is 30.4 Å². The molecule has 0 aliphatic carbocycles. The number of fused-ring (bicyclic) bond motifs is 1. The van der Waals surface area contributed by atoms with Crippen LogP contribution >= 0.6 is 0 Å². The molecule has 0 saturated heterocycles. The molecule has 1 heterocycles. The van der Waals surface area contributed by atoms with Crippen molar-refractivity contribution in [2.75, 3.05) is 13.6 Å². The van der Waals surface area contributed by atoms with E-state index in [4.69, 9.17) is 10.2 Å². The van der Waals surface area contributed by atoms with E-state index in [0.717, 1.165) is 11.1 Å². The lowest BCUT2D eigenvalue weighted by atomic mass is 9.99. The van der Waals surface area contributed by atoms with Crippen LogP contribution in [-0.2, 0) is 9.59 Å². The minimum Gasteiger partial charge on any atom is -0.455 e. The summed E-state index contributed by atoms with van der Waals surface area (Å²) in [6, 6.07) is 11.1. The summed E-state index contributed by atoms with van der Waals surface area (Å²) in [5, 5.41) is 5.71. The third-order valence-electron chi connectivity index (χ3n) is 5.19. The van der Waals surface area contributed by atoms with Gasteiger partial charge in [-0.05, 0) is 67.0 Å². The summed E-state index contributed by atoms with van der Waals surface area (Å²) in [6.07, 6.45) is 12.1. The number of rotatable bonds is 8. The van der Waals surface area contributed by atoms with E-state index < -0.39 is 11.8 Å². The molecule has 0 radical (unpaired) electrons. The molecule has 200 valence electrons. The van der Waals surface area contributed by atoms with Crippen LogP contribution in [0.5, 0.6) is 0 Å². The molecule has 4 N–H and O–H groups in total. The second kappa shape index (κ2) is 15.5. The highest BCUT2D eigenvalue weighted by Gasteiger charge is 2.22. The van der Waals surface area contributed by atoms with Crippen molar-refractivity contribution < 1.29 is 23.2 Å². The monoisotopic (exact) mass is 519 g/mol. The van der Waals surface area contributed by atoms with Crippen molar-refractivity contribution in [1.29, 1.82) is 0 Å². The Morgan fingerprint density at radius 1 is 1.08 bits per heavy atom. The first-order valence-corrected chi connectivity index (χ1v) is 12.1. The highest BCUT2D eigenvalue weighted by atomic mass is 19.1. The van der Waals surface area contributed by atoms with Crippen molar-refractivity contribution in [2.24, 2.45) is 5.73 Å². The maximum absolute atomic E-state index is 13.4. The molecule has 38 heavy (non-hydrogen) atoms. The van der Waals surface area contributed by atoms with Crippen LogP contribution in [0.4, 0.5) is 4.39 Å². The van der Waals surface area contributed by atoms with Crippen LogP contribution in [0.15, 0.2) is 64.6 Å². The number of hydrogen-bond donors (Lipinski definition) is 3. The average molecular weight is 520 g/mol. The molecule has 0 aliphatic rings. The number of furan rings is 1. The number of amides is 3. The Hall–Kier alpha value is -4.64. The summed E-state index contributed by atoms with van der Waals surface area (Å²) >= 11 is 0. The van der Waals surface area contributed by atoms with Crippen LogP contribution in [-0.4, -0.2) is 31.3 Å². The number of primary amides is 1. The molecule has 0 atom stereocenters. The number of carbonyl (C=O) groups excluding carboxylic acids is 3. The molecule has 3 amide bonds. The molecule has 1 aromatic heterocycles. The van der Waals surface area contributed by atoms with Crippen molar-refractivity contribution >= 4 is 34.3 Å². The van der Waals surface area contributed by atoms with E-state index in [1.807, 2.05) is 39.8 Å². The molecule has 7 nitrogen and oxygen atoms in total. The summed E-state index contributed by atoms with van der Waals surface area (Å²) < 4.78 is 19.4. The number of carbonyl (C=O) groups is 3. The van der Waals surface area contributed by atoms with Gasteiger partial charge in [0.15, 0.2) is 0 Å². The Kier molecular flexibility index (Phi) is 12.8. The Morgan fingerprint density at radius 3 is 2.26 bits per heavy atom. The fourth-order valence-corrected chi connectivity index (χ4v) is 3.52. The molecule has 0 unspecified atom stereocenters. The van der Waals surface area contributed by atoms with Gasteiger partial charge >= 0.3 is 0 Å². The molecule has 3 aromatic rings. The van der Waals surface area contributed by atoms with E-state index >= 15 is 0 Å². The minimum absolute atomic E-state index is 0.255. The smallest absolute Gasteiger partial charge is 0.255 e. The van der Waals surface area contributed by atoms with E-state index in [1.165, 1.54) is 19.2 Å². The third-order valence-corrected chi connectivity index (χ3v) is 5.19. The predicted octanol–water partition coefficient (Wildman–Crippen LogP) is 5.22. The van der Waals surface area contributed by atoms with Gasteiger partial charge < -0.3 is 20.8 Å². The third kappa shape index (κ3) is 7.93. The molecule has 0 fully saturated rings. The van der Waals surface area contributed by atoms with Crippen molar-refractivity contribution in [3.05, 3.63) is 77.1 Å². The predicted molar refractivity (Wildman–Crippen MR) is 150 cm³/mol. The standard InChI is InChI=1S/C26H26FN3O4.C2H6.C2H2/c1-4-5-18(25(32)30-14-22(28)31)12-15(2)17-8-11-21-20(13-17)23(26(33)29-3)24(34-21)16-6-9-19(27)10-7-16;2*1-2/h5-13H,4,14H2,1-3H3,(H2,28,31)(H,29,33)(H,30,32);1-2H3;1-2H/b15-12+,18-5+;;. The maximum atomic E-state index is 13.4. The lowest BCUT2D eigenvalue weighted by Gasteiger charge is -2.07. The zero-order valence-electron chi connectivity index (χ0n) is 22.4. The van der Waals surface area contributed by atoms with Crippen LogP contribution in [0.25, 0.3) is 27.9 Å². The summed E-state index contributed by atoms with van der Waals surface area (Å²) in [6.45, 7) is 7.48. The zero-order valence-corrected chi connectivity index (χ0v) is 22.4. The first kappa shape index (κ1) is 31.4. The Bertz CT molecular complexity index is 1350. The Labute approximate surface area is 223 Å². The van der Waals surface area contributed by atoms with Crippen LogP contribution in [0, 0.1) is 18.7 Å². The van der Waals surface area contributed by atoms with Gasteiger partial charge in [0.2, 0.25) is 5.91 Å². The summed E-state index contributed by atoms with van der Waals surface area (Å²) in [4.78, 5) is 36.2. The highest BCUT2D eigenvalue weighted by molar-refractivity contribution is 6.11. The van der Waals surface area contributed by atoms with Gasteiger partial charge in [0, 0.05) is 23.6 Å². The van der Waals surface area contributed by atoms with Crippen LogP contribution in [0.1, 0.15) is 50.0 Å². The van der Waals surface area contributed by atoms with Gasteiger partial charge in [0.05, 0.1) is 12.1 Å². The van der Waals surface area contributed by atoms with Crippen molar-refractivity contribution in [2.45, 2.75) is 34.1 Å². The molecule has 2 aromatic carbocycles. The maximum Gasteiger partial charge on any atom is 0.255 e. The second-order valence-electron chi connectivity index (χ2n) is 7.65. The Balaban J connectivity index is 0.00000172. The number of nitrogens with one attached hydrogen (secondary N) is 2. The van der Waals surface area contributed by atoms with Gasteiger partial charge in [-0.15, -0.1) is 12.8 Å². The Morgan fingerprint density at radius 2 is 1.71 bits per heavy atom. The number of benzene rings is 2. The van der Waals surface area contributed by atoms with E-state index in [0.29, 0.717) is 39.9 Å². The molecule has 3 rings (SSSR count). The van der Waals surface area contributed by atoms with Crippen LogP contribution in [0.3, 0.4) is 0 Å². The van der Waals surface area contributed by atoms with E-state index in [2.05, 4.69) is 23.5 Å². The second-order valence-corrected chi connectivity index (χ2v) is 7.65. The first-order chi connectivity index (χ1) is 18.2. The topological polar surface area (TPSA) is 114 Å². The normalized spacial score (nSPS) is 10.9. The van der Waals surface area contributed by atoms with Crippen LogP contribution < -0.4 is 16.4 Å². The van der Waals surface area contributed by atoms with E-state index in [9.17, 15) is 18.8 Å². The first-order valence-electron chi connectivity index (χ1n) is 12.1. The molecule has 0 spiro atoms. The SMILES string of the molecule is C#C.CC.CC/C=C(\C=C(/C)c1ccc2oc(-c3ccc(F)cc3)c(C(=O)NC)c2c1)C(=O)NCC(N)=O. The summed E-state index contributed by atoms with van der Waals surface area (Å²) in [5.74, 6) is -1.43. The van der Waals surface area contributed by atoms with E-state index in [-0.39, 0.29) is 18.3 Å². The molecule has 0 saturated carbocycles. The molecule has 8 heteroatoms. The molecular formula is C30H34FN3O4. The van der Waals surface area contributed by atoms with Gasteiger partial charge in [-0.25, -0.2) is 4.39 Å². The van der Waals surface area contributed by atoms with Gasteiger partial charge in [0.25, 0.3) is 11.8 Å². The molecule has 0 bridgehead atoms. The van der Waals surface area contributed by atoms with Crippen molar-refractivity contribution in [3.8, 4) is 24.2 Å². The number of allylic oxidation sites excluding steroid dienone is 2. The summed E-state index contributed by atoms with van der Waals surface area (Å²) in [7, 11) is 1.52. The highest BCUT2D eigenvalue weighted by Crippen LogP contribution is 2.35. The zero-order chi connectivity index (χ0) is 28.8. The number of nitrogens with two attached hydrogens (primary N) is 1. The quantitative estimate of drug-likeness (QED) is 0.215. The van der Waals surface area contributed by atoms with Crippen molar-refractivity contribution in [3.63, 3.8) is 0 Å². The fourth-order valence-electron chi connectivity index (χ4n) is 3.52. The average Bonchev–Trinajstić information content (AvgIpc) is 3.32. The lowest BCUT2D eigenvalue weighted by Crippen LogP contribution is -2.33. The van der Waals surface area contributed by atoms with Gasteiger partial charge in [-0.2, -0.15) is 0 Å².